The maximum absolute atomic E-state index is 12.2. The quantitative estimate of drug-likeness (QED) is 0.788. The fourth-order valence-electron chi connectivity index (χ4n) is 2.18. The van der Waals surface area contributed by atoms with E-state index in [1.807, 2.05) is 63.2 Å². The molecule has 0 saturated carbocycles. The summed E-state index contributed by atoms with van der Waals surface area (Å²) < 4.78 is 12.1. The lowest BCUT2D eigenvalue weighted by molar-refractivity contribution is 0.102. The Kier molecular flexibility index (Phi) is 5.07. The molecule has 2 aromatic rings. The highest BCUT2D eigenvalue weighted by Gasteiger charge is 2.12. The topological polar surface area (TPSA) is 34.1 Å². The zero-order valence-electron chi connectivity index (χ0n) is 12.7. The molecule has 1 unspecified atom stereocenters. The van der Waals surface area contributed by atoms with Crippen molar-refractivity contribution in [2.75, 3.05) is 5.75 Å². The van der Waals surface area contributed by atoms with Crippen molar-refractivity contribution >= 4 is 16.6 Å². The largest absolute Gasteiger partial charge is 0.293 e. The van der Waals surface area contributed by atoms with Crippen molar-refractivity contribution in [3.63, 3.8) is 0 Å². The van der Waals surface area contributed by atoms with Gasteiger partial charge in [-0.1, -0.05) is 42.0 Å². The minimum absolute atomic E-state index is 0.0518. The van der Waals surface area contributed by atoms with Crippen LogP contribution >= 0.6 is 0 Å². The maximum atomic E-state index is 12.2. The molecule has 2 nitrogen and oxygen atoms in total. The Morgan fingerprint density at radius 1 is 1.00 bits per heavy atom. The number of rotatable bonds is 5. The van der Waals surface area contributed by atoms with Gasteiger partial charge in [-0.25, -0.2) is 0 Å². The number of carbonyl (C=O) groups is 1. The maximum Gasteiger partial charge on any atom is 0.175 e. The Morgan fingerprint density at radius 3 is 2.43 bits per heavy atom. The molecule has 0 bridgehead atoms. The number of aryl methyl sites for hydroxylation is 3. The molecule has 0 radical (unpaired) electrons. The lowest BCUT2D eigenvalue weighted by Crippen LogP contribution is -2.12. The summed E-state index contributed by atoms with van der Waals surface area (Å²) >= 11 is 0. The van der Waals surface area contributed by atoms with Gasteiger partial charge in [-0.3, -0.25) is 9.00 Å². The minimum Gasteiger partial charge on any atom is -0.293 e. The van der Waals surface area contributed by atoms with E-state index in [0.717, 1.165) is 22.3 Å². The summed E-state index contributed by atoms with van der Waals surface area (Å²) in [6.45, 7) is 6.00. The molecule has 0 N–H and O–H groups in total. The highest BCUT2D eigenvalue weighted by atomic mass is 32.2. The van der Waals surface area contributed by atoms with Crippen LogP contribution in [0.2, 0.25) is 0 Å². The van der Waals surface area contributed by atoms with Crippen LogP contribution in [0, 0.1) is 20.8 Å². The monoisotopic (exact) mass is 300 g/mol. The molecule has 0 aromatic heterocycles. The molecule has 0 aliphatic carbocycles. The van der Waals surface area contributed by atoms with Crippen LogP contribution in [0.5, 0.6) is 0 Å². The summed E-state index contributed by atoms with van der Waals surface area (Å²) in [5.74, 6) is 0.457. The van der Waals surface area contributed by atoms with Crippen molar-refractivity contribution in [1.29, 1.82) is 0 Å². The van der Waals surface area contributed by atoms with E-state index in [-0.39, 0.29) is 11.5 Å². The molecule has 0 spiro atoms. The Morgan fingerprint density at radius 2 is 1.76 bits per heavy atom. The molecule has 0 amide bonds. The summed E-state index contributed by atoms with van der Waals surface area (Å²) in [6.07, 6.45) is 0. The predicted octanol–water partition coefficient (Wildman–Crippen LogP) is 3.74. The van der Waals surface area contributed by atoms with E-state index in [0.29, 0.717) is 11.3 Å². The zero-order valence-corrected chi connectivity index (χ0v) is 13.5. The third-order valence-electron chi connectivity index (χ3n) is 3.53. The minimum atomic E-state index is -1.17. The lowest BCUT2D eigenvalue weighted by Gasteiger charge is -2.06. The molecule has 0 aliphatic heterocycles. The molecule has 0 heterocycles. The molecular formula is C18H20O2S. The van der Waals surface area contributed by atoms with Crippen LogP contribution in [0.3, 0.4) is 0 Å². The molecule has 3 heteroatoms. The van der Waals surface area contributed by atoms with E-state index in [1.54, 1.807) is 0 Å². The number of hydrogen-bond donors (Lipinski definition) is 0. The van der Waals surface area contributed by atoms with Gasteiger partial charge >= 0.3 is 0 Å². The second-order valence-electron chi connectivity index (χ2n) is 5.44. The highest BCUT2D eigenvalue weighted by Crippen LogP contribution is 2.12. The van der Waals surface area contributed by atoms with Gasteiger partial charge in [0.1, 0.15) is 0 Å². The van der Waals surface area contributed by atoms with Gasteiger partial charge in [0.05, 0.1) is 5.75 Å². The molecule has 1 atom stereocenters. The smallest absolute Gasteiger partial charge is 0.175 e. The Bertz CT molecular complexity index is 689. The van der Waals surface area contributed by atoms with Crippen LogP contribution in [0.25, 0.3) is 0 Å². The first kappa shape index (κ1) is 15.6. The van der Waals surface area contributed by atoms with Crippen molar-refractivity contribution in [2.24, 2.45) is 0 Å². The van der Waals surface area contributed by atoms with Gasteiger partial charge in [0.2, 0.25) is 0 Å². The van der Waals surface area contributed by atoms with Crippen molar-refractivity contribution in [2.45, 2.75) is 26.5 Å². The van der Waals surface area contributed by atoms with E-state index in [9.17, 15) is 9.00 Å². The molecule has 2 rings (SSSR count). The van der Waals surface area contributed by atoms with E-state index in [2.05, 4.69) is 0 Å². The van der Waals surface area contributed by atoms with E-state index >= 15 is 0 Å². The Balaban J connectivity index is 2.02. The first-order valence-electron chi connectivity index (χ1n) is 6.96. The Hall–Kier alpha value is -1.74. The van der Waals surface area contributed by atoms with Crippen LogP contribution in [0.4, 0.5) is 0 Å². The highest BCUT2D eigenvalue weighted by molar-refractivity contribution is 7.85. The van der Waals surface area contributed by atoms with Crippen LogP contribution in [0.1, 0.15) is 32.6 Å². The third kappa shape index (κ3) is 4.36. The van der Waals surface area contributed by atoms with Crippen molar-refractivity contribution in [3.8, 4) is 0 Å². The molecule has 110 valence electrons. The number of carbonyl (C=O) groups excluding carboxylic acids is 1. The fourth-order valence-corrected chi connectivity index (χ4v) is 3.30. The number of Topliss-reactive ketones (excluding diaryl/α,β-unsaturated/α-hetero) is 1. The molecule has 2 aromatic carbocycles. The van der Waals surface area contributed by atoms with Crippen LogP contribution in [-0.4, -0.2) is 15.7 Å². The van der Waals surface area contributed by atoms with Crippen molar-refractivity contribution in [3.05, 3.63) is 70.3 Å². The van der Waals surface area contributed by atoms with Gasteiger partial charge in [0, 0.05) is 22.1 Å². The second-order valence-corrected chi connectivity index (χ2v) is 6.90. The molecule has 0 aliphatic rings. The summed E-state index contributed by atoms with van der Waals surface area (Å²) in [6, 6.07) is 13.5. The summed E-state index contributed by atoms with van der Waals surface area (Å²) in [5, 5.41) is 0. The first-order valence-corrected chi connectivity index (χ1v) is 8.45. The van der Waals surface area contributed by atoms with Crippen molar-refractivity contribution < 1.29 is 9.00 Å². The lowest BCUT2D eigenvalue weighted by atomic mass is 10.0. The van der Waals surface area contributed by atoms with E-state index < -0.39 is 10.8 Å². The van der Waals surface area contributed by atoms with E-state index in [4.69, 9.17) is 0 Å². The molecule has 21 heavy (non-hydrogen) atoms. The van der Waals surface area contributed by atoms with Gasteiger partial charge in [-0.15, -0.1) is 0 Å². The normalized spacial score (nSPS) is 12.1. The average molecular weight is 300 g/mol. The first-order chi connectivity index (χ1) is 9.95. The number of hydrogen-bond acceptors (Lipinski definition) is 2. The summed E-state index contributed by atoms with van der Waals surface area (Å²) in [4.78, 5) is 12.2. The summed E-state index contributed by atoms with van der Waals surface area (Å²) in [7, 11) is -1.17. The van der Waals surface area contributed by atoms with Crippen molar-refractivity contribution in [1.82, 2.24) is 0 Å². The second kappa shape index (κ2) is 6.81. The average Bonchev–Trinajstić information content (AvgIpc) is 2.41. The molecular weight excluding hydrogens is 280 g/mol. The van der Waals surface area contributed by atoms with Gasteiger partial charge in [-0.05, 0) is 43.5 Å². The van der Waals surface area contributed by atoms with Gasteiger partial charge < -0.3 is 0 Å². The van der Waals surface area contributed by atoms with Crippen LogP contribution in [0.15, 0.2) is 42.5 Å². The number of benzene rings is 2. The predicted molar refractivity (Wildman–Crippen MR) is 88.1 cm³/mol. The van der Waals surface area contributed by atoms with Crippen LogP contribution < -0.4 is 0 Å². The fraction of sp³-hybridized carbons (Fsp3) is 0.278. The molecule has 0 fully saturated rings. The summed E-state index contributed by atoms with van der Waals surface area (Å²) in [5.41, 5.74) is 5.06. The SMILES string of the molecule is Cc1cccc(CS(=O)CC(=O)c2ccc(C)c(C)c2)c1. The van der Waals surface area contributed by atoms with Gasteiger partial charge in [0.15, 0.2) is 5.78 Å². The standard InChI is InChI=1S/C18H20O2S/c1-13-5-4-6-16(9-13)11-21(20)12-18(19)17-8-7-14(2)15(3)10-17/h4-10H,11-12H2,1-3H3. The van der Waals surface area contributed by atoms with E-state index in [1.165, 1.54) is 0 Å². The number of ketones is 1. The zero-order chi connectivity index (χ0) is 15.4. The van der Waals surface area contributed by atoms with Crippen LogP contribution in [-0.2, 0) is 16.6 Å². The third-order valence-corrected chi connectivity index (χ3v) is 4.77. The molecule has 0 saturated heterocycles. The van der Waals surface area contributed by atoms with Gasteiger partial charge in [-0.2, -0.15) is 0 Å². The van der Waals surface area contributed by atoms with Gasteiger partial charge in [0.25, 0.3) is 0 Å². The Labute approximate surface area is 128 Å².